The highest BCUT2D eigenvalue weighted by Gasteiger charge is 2.35. The number of fused-ring (bicyclic) bond motifs is 1. The van der Waals surface area contributed by atoms with Crippen LogP contribution in [-0.4, -0.2) is 32.5 Å². The third-order valence-corrected chi connectivity index (χ3v) is 8.31. The number of aliphatic hydroxyl groups excluding tert-OH is 1. The Bertz CT molecular complexity index is 1390. The van der Waals surface area contributed by atoms with Crippen LogP contribution in [0, 0.1) is 13.8 Å². The molecule has 3 atom stereocenters. The van der Waals surface area contributed by atoms with Crippen LogP contribution in [0.5, 0.6) is 0 Å². The number of aliphatic hydroxyl groups is 1. The van der Waals surface area contributed by atoms with Crippen LogP contribution >= 0.6 is 23.2 Å². The highest BCUT2D eigenvalue weighted by atomic mass is 35.5. The summed E-state index contributed by atoms with van der Waals surface area (Å²) in [5.41, 5.74) is 6.09. The Morgan fingerprint density at radius 2 is 1.89 bits per heavy atom. The number of anilines is 1. The molecule has 2 aromatic carbocycles. The van der Waals surface area contributed by atoms with Gasteiger partial charge in [-0.25, -0.2) is 4.98 Å². The van der Waals surface area contributed by atoms with E-state index in [9.17, 15) is 5.11 Å². The SMILES string of the molecule is Cc1noc(C)c1-c1ccc2c(c1)nc([C@@H]1CCCN1c1ccc(Cl)c(Cl)c1)n2[C@@H]1CC[C@@H](O)C1. The van der Waals surface area contributed by atoms with Crippen molar-refractivity contribution in [3.63, 3.8) is 0 Å². The number of aryl methyl sites for hydroxylation is 2. The molecular formula is C27H28Cl2N4O2. The maximum Gasteiger partial charge on any atom is 0.141 e. The van der Waals surface area contributed by atoms with Crippen molar-refractivity contribution < 1.29 is 9.63 Å². The molecule has 3 heterocycles. The summed E-state index contributed by atoms with van der Waals surface area (Å²) in [6.07, 6.45) is 4.35. The summed E-state index contributed by atoms with van der Waals surface area (Å²) in [6.45, 7) is 4.84. The van der Waals surface area contributed by atoms with E-state index in [1.807, 2.05) is 32.0 Å². The molecule has 6 rings (SSSR count). The van der Waals surface area contributed by atoms with Crippen LogP contribution in [0.4, 0.5) is 5.69 Å². The Kier molecular flexibility index (Phi) is 5.78. The second-order valence-electron chi connectivity index (χ2n) is 9.81. The van der Waals surface area contributed by atoms with E-state index in [1.165, 1.54) is 0 Å². The first-order valence-corrected chi connectivity index (χ1v) is 13.0. The molecule has 1 N–H and O–H groups in total. The molecule has 2 aromatic heterocycles. The van der Waals surface area contributed by atoms with Gasteiger partial charge in [0.25, 0.3) is 0 Å². The molecule has 1 aliphatic carbocycles. The summed E-state index contributed by atoms with van der Waals surface area (Å²) in [5.74, 6) is 1.86. The molecule has 1 saturated carbocycles. The number of hydrogen-bond acceptors (Lipinski definition) is 5. The van der Waals surface area contributed by atoms with Gasteiger partial charge in [0.15, 0.2) is 0 Å². The average Bonchev–Trinajstić information content (AvgIpc) is 3.61. The Hall–Kier alpha value is -2.54. The van der Waals surface area contributed by atoms with E-state index in [4.69, 9.17) is 32.7 Å². The quantitative estimate of drug-likeness (QED) is 0.318. The van der Waals surface area contributed by atoms with Crippen LogP contribution < -0.4 is 4.90 Å². The van der Waals surface area contributed by atoms with Gasteiger partial charge < -0.3 is 19.1 Å². The molecule has 0 spiro atoms. The molecule has 0 bridgehead atoms. The van der Waals surface area contributed by atoms with Gasteiger partial charge in [-0.2, -0.15) is 0 Å². The van der Waals surface area contributed by atoms with Crippen molar-refractivity contribution in [2.24, 2.45) is 0 Å². The van der Waals surface area contributed by atoms with Crippen molar-refractivity contribution >= 4 is 39.9 Å². The molecule has 1 saturated heterocycles. The van der Waals surface area contributed by atoms with Crippen molar-refractivity contribution in [1.29, 1.82) is 0 Å². The van der Waals surface area contributed by atoms with Gasteiger partial charge >= 0.3 is 0 Å². The Labute approximate surface area is 214 Å². The predicted molar refractivity (Wildman–Crippen MR) is 139 cm³/mol. The first kappa shape index (κ1) is 22.9. The molecule has 1 aliphatic heterocycles. The van der Waals surface area contributed by atoms with Gasteiger partial charge in [-0.1, -0.05) is 34.4 Å². The lowest BCUT2D eigenvalue weighted by Crippen LogP contribution is -2.26. The van der Waals surface area contributed by atoms with E-state index in [-0.39, 0.29) is 18.2 Å². The zero-order valence-electron chi connectivity index (χ0n) is 19.8. The second-order valence-corrected chi connectivity index (χ2v) is 10.6. The zero-order chi connectivity index (χ0) is 24.3. The number of rotatable bonds is 4. The Morgan fingerprint density at radius 1 is 1.03 bits per heavy atom. The number of benzene rings is 2. The van der Waals surface area contributed by atoms with Crippen LogP contribution in [0.3, 0.4) is 0 Å². The molecule has 6 nitrogen and oxygen atoms in total. The maximum atomic E-state index is 10.4. The van der Waals surface area contributed by atoms with Gasteiger partial charge in [0.05, 0.1) is 38.9 Å². The molecule has 2 fully saturated rings. The molecule has 0 radical (unpaired) electrons. The highest BCUT2D eigenvalue weighted by Crippen LogP contribution is 2.43. The van der Waals surface area contributed by atoms with Crippen molar-refractivity contribution in [1.82, 2.24) is 14.7 Å². The largest absolute Gasteiger partial charge is 0.393 e. The molecular weight excluding hydrogens is 483 g/mol. The average molecular weight is 511 g/mol. The number of hydrogen-bond donors (Lipinski definition) is 1. The summed E-state index contributed by atoms with van der Waals surface area (Å²) in [5, 5.41) is 15.6. The molecule has 2 aliphatic rings. The van der Waals surface area contributed by atoms with E-state index in [2.05, 4.69) is 32.8 Å². The molecule has 0 unspecified atom stereocenters. The Balaban J connectivity index is 1.49. The Morgan fingerprint density at radius 3 is 2.60 bits per heavy atom. The minimum atomic E-state index is -0.262. The number of nitrogens with zero attached hydrogens (tertiary/aromatic N) is 4. The molecule has 4 aromatic rings. The van der Waals surface area contributed by atoms with Crippen LogP contribution in [0.2, 0.25) is 10.0 Å². The molecule has 8 heteroatoms. The summed E-state index contributed by atoms with van der Waals surface area (Å²) in [4.78, 5) is 7.63. The smallest absolute Gasteiger partial charge is 0.141 e. The fraction of sp³-hybridized carbons (Fsp3) is 0.407. The van der Waals surface area contributed by atoms with Gasteiger partial charge in [0, 0.05) is 23.8 Å². The lowest BCUT2D eigenvalue weighted by Gasteiger charge is -2.29. The van der Waals surface area contributed by atoms with Crippen LogP contribution in [0.15, 0.2) is 40.9 Å². The zero-order valence-corrected chi connectivity index (χ0v) is 21.4. The van der Waals surface area contributed by atoms with Crippen LogP contribution in [-0.2, 0) is 0 Å². The molecule has 35 heavy (non-hydrogen) atoms. The predicted octanol–water partition coefficient (Wildman–Crippen LogP) is 7.04. The van der Waals surface area contributed by atoms with E-state index in [1.54, 1.807) is 0 Å². The van der Waals surface area contributed by atoms with Crippen molar-refractivity contribution in [2.45, 2.75) is 64.1 Å². The standard InChI is InChI=1S/C27H28Cl2N4O2/c1-15-26(16(2)35-31-15)17-5-10-24-23(12-17)30-27(33(24)19-6-8-20(34)13-19)25-4-3-11-32(25)18-7-9-21(28)22(29)14-18/h5,7,9-10,12,14,19-20,25,34H,3-4,6,8,11,13H2,1-2H3/t19-,20-,25+/m1/s1. The highest BCUT2D eigenvalue weighted by molar-refractivity contribution is 6.42. The monoisotopic (exact) mass is 510 g/mol. The topological polar surface area (TPSA) is 67.3 Å². The van der Waals surface area contributed by atoms with E-state index < -0.39 is 0 Å². The number of imidazole rings is 1. The minimum Gasteiger partial charge on any atom is -0.393 e. The van der Waals surface area contributed by atoms with Gasteiger partial charge in [-0.3, -0.25) is 0 Å². The van der Waals surface area contributed by atoms with E-state index in [0.717, 1.165) is 83.8 Å². The van der Waals surface area contributed by atoms with Crippen molar-refractivity contribution in [3.8, 4) is 11.1 Å². The van der Waals surface area contributed by atoms with Gasteiger partial charge in [0.1, 0.15) is 11.6 Å². The number of aromatic nitrogens is 3. The van der Waals surface area contributed by atoms with Crippen LogP contribution in [0.25, 0.3) is 22.2 Å². The second kappa shape index (κ2) is 8.84. The van der Waals surface area contributed by atoms with Crippen molar-refractivity contribution in [2.75, 3.05) is 11.4 Å². The maximum absolute atomic E-state index is 10.4. The minimum absolute atomic E-state index is 0.125. The first-order chi connectivity index (χ1) is 16.9. The third-order valence-electron chi connectivity index (χ3n) is 7.57. The van der Waals surface area contributed by atoms with Gasteiger partial charge in [-0.15, -0.1) is 0 Å². The first-order valence-electron chi connectivity index (χ1n) is 12.3. The third kappa shape index (κ3) is 3.92. The van der Waals surface area contributed by atoms with E-state index >= 15 is 0 Å². The fourth-order valence-corrected chi connectivity index (χ4v) is 6.26. The molecule has 0 amide bonds. The fourth-order valence-electron chi connectivity index (χ4n) is 5.96. The summed E-state index contributed by atoms with van der Waals surface area (Å²) < 4.78 is 7.81. The van der Waals surface area contributed by atoms with E-state index in [0.29, 0.717) is 10.0 Å². The summed E-state index contributed by atoms with van der Waals surface area (Å²) in [7, 11) is 0. The number of halogens is 2. The van der Waals surface area contributed by atoms with Gasteiger partial charge in [-0.05, 0) is 81.8 Å². The summed E-state index contributed by atoms with van der Waals surface area (Å²) in [6, 6.07) is 12.6. The lowest BCUT2D eigenvalue weighted by molar-refractivity contribution is 0.178. The van der Waals surface area contributed by atoms with Crippen molar-refractivity contribution in [3.05, 3.63) is 63.7 Å². The van der Waals surface area contributed by atoms with Gasteiger partial charge in [0.2, 0.25) is 0 Å². The lowest BCUT2D eigenvalue weighted by atomic mass is 10.0. The summed E-state index contributed by atoms with van der Waals surface area (Å²) >= 11 is 12.6. The normalized spacial score (nSPS) is 22.5. The van der Waals surface area contributed by atoms with Crippen LogP contribution in [0.1, 0.15) is 61.5 Å². The molecule has 182 valence electrons.